The van der Waals surface area contributed by atoms with Crippen molar-refractivity contribution < 1.29 is 9.18 Å². The third-order valence-corrected chi connectivity index (χ3v) is 3.01. The van der Waals surface area contributed by atoms with Crippen LogP contribution in [-0.2, 0) is 0 Å². The van der Waals surface area contributed by atoms with Crippen LogP contribution in [0.4, 0.5) is 9.18 Å². The van der Waals surface area contributed by atoms with Gasteiger partial charge in [0.1, 0.15) is 11.3 Å². The zero-order chi connectivity index (χ0) is 14.8. The molecule has 0 radical (unpaired) electrons. The van der Waals surface area contributed by atoms with Crippen LogP contribution in [0.3, 0.4) is 0 Å². The zero-order valence-electron chi connectivity index (χ0n) is 10.9. The monoisotopic (exact) mass is 282 g/mol. The summed E-state index contributed by atoms with van der Waals surface area (Å²) in [6.07, 6.45) is 6.83. The van der Waals surface area contributed by atoms with Gasteiger partial charge in [-0.1, -0.05) is 24.3 Å². The largest absolute Gasteiger partial charge is 0.350 e. The molecule has 5 nitrogen and oxygen atoms in total. The fourth-order valence-corrected chi connectivity index (χ4v) is 2.08. The quantitative estimate of drug-likeness (QED) is 0.785. The second kappa shape index (κ2) is 5.16. The molecule has 1 amide bonds. The van der Waals surface area contributed by atoms with Gasteiger partial charge in [0, 0.05) is 17.8 Å². The summed E-state index contributed by atoms with van der Waals surface area (Å²) in [7, 11) is 0. The SMILES string of the molecule is NC(=O)n1nc(/C=C/c2cccnc2)c2cccc(F)c21. The molecule has 0 aliphatic heterocycles. The number of carbonyl (C=O) groups excluding carboxylic acids is 1. The third kappa shape index (κ3) is 2.38. The van der Waals surface area contributed by atoms with Gasteiger partial charge in [-0.25, -0.2) is 9.18 Å². The summed E-state index contributed by atoms with van der Waals surface area (Å²) >= 11 is 0. The van der Waals surface area contributed by atoms with Gasteiger partial charge < -0.3 is 5.73 Å². The van der Waals surface area contributed by atoms with Gasteiger partial charge in [-0.3, -0.25) is 4.98 Å². The fraction of sp³-hybridized carbons (Fsp3) is 0. The predicted molar refractivity (Wildman–Crippen MR) is 77.8 cm³/mol. The Bertz CT molecular complexity index is 840. The van der Waals surface area contributed by atoms with Crippen LogP contribution in [0, 0.1) is 5.82 Å². The molecule has 6 heteroatoms. The van der Waals surface area contributed by atoms with Gasteiger partial charge >= 0.3 is 6.03 Å². The Labute approximate surface area is 119 Å². The molecule has 0 aliphatic carbocycles. The average Bonchev–Trinajstić information content (AvgIpc) is 2.87. The summed E-state index contributed by atoms with van der Waals surface area (Å²) in [5.41, 5.74) is 6.65. The number of halogens is 1. The Morgan fingerprint density at radius 3 is 2.81 bits per heavy atom. The molecular weight excluding hydrogens is 271 g/mol. The summed E-state index contributed by atoms with van der Waals surface area (Å²) < 4.78 is 14.7. The number of hydrogen-bond acceptors (Lipinski definition) is 3. The summed E-state index contributed by atoms with van der Waals surface area (Å²) in [5, 5.41) is 4.58. The Kier molecular flexibility index (Phi) is 3.19. The first kappa shape index (κ1) is 13.0. The molecule has 0 saturated heterocycles. The van der Waals surface area contributed by atoms with Crippen molar-refractivity contribution in [1.82, 2.24) is 14.8 Å². The number of benzene rings is 1. The van der Waals surface area contributed by atoms with E-state index in [4.69, 9.17) is 5.73 Å². The molecular formula is C15H11FN4O. The smallest absolute Gasteiger partial charge is 0.340 e. The van der Waals surface area contributed by atoms with Gasteiger partial charge in [-0.05, 0) is 23.8 Å². The van der Waals surface area contributed by atoms with E-state index in [0.717, 1.165) is 10.2 Å². The van der Waals surface area contributed by atoms with E-state index in [9.17, 15) is 9.18 Å². The lowest BCUT2D eigenvalue weighted by atomic mass is 10.1. The molecule has 2 heterocycles. The number of nitrogens with two attached hydrogens (primary N) is 1. The fourth-order valence-electron chi connectivity index (χ4n) is 2.08. The van der Waals surface area contributed by atoms with Crippen molar-refractivity contribution in [1.29, 1.82) is 0 Å². The normalized spacial score (nSPS) is 11.3. The topological polar surface area (TPSA) is 73.8 Å². The Morgan fingerprint density at radius 1 is 1.24 bits per heavy atom. The Hall–Kier alpha value is -3.02. The second-order valence-electron chi connectivity index (χ2n) is 4.39. The van der Waals surface area contributed by atoms with Crippen molar-refractivity contribution in [2.45, 2.75) is 0 Å². The molecule has 21 heavy (non-hydrogen) atoms. The van der Waals surface area contributed by atoms with Crippen molar-refractivity contribution >= 4 is 29.1 Å². The van der Waals surface area contributed by atoms with Gasteiger partial charge in [0.05, 0.1) is 5.69 Å². The van der Waals surface area contributed by atoms with E-state index in [1.54, 1.807) is 42.7 Å². The summed E-state index contributed by atoms with van der Waals surface area (Å²) in [6.45, 7) is 0. The van der Waals surface area contributed by atoms with Crippen LogP contribution in [-0.4, -0.2) is 20.8 Å². The second-order valence-corrected chi connectivity index (χ2v) is 4.39. The van der Waals surface area contributed by atoms with Crippen LogP contribution >= 0.6 is 0 Å². The minimum absolute atomic E-state index is 0.0795. The van der Waals surface area contributed by atoms with E-state index in [-0.39, 0.29) is 5.52 Å². The maximum atomic E-state index is 13.9. The maximum absolute atomic E-state index is 13.9. The first-order valence-electron chi connectivity index (χ1n) is 6.22. The number of aromatic nitrogens is 3. The Morgan fingerprint density at radius 2 is 2.10 bits per heavy atom. The molecule has 0 saturated carbocycles. The molecule has 0 atom stereocenters. The summed E-state index contributed by atoms with van der Waals surface area (Å²) in [4.78, 5) is 15.4. The number of hydrogen-bond donors (Lipinski definition) is 1. The van der Waals surface area contributed by atoms with Crippen LogP contribution in [0.2, 0.25) is 0 Å². The first-order chi connectivity index (χ1) is 10.2. The van der Waals surface area contributed by atoms with Crippen LogP contribution < -0.4 is 5.73 Å². The van der Waals surface area contributed by atoms with E-state index in [1.165, 1.54) is 6.07 Å². The lowest BCUT2D eigenvalue weighted by Crippen LogP contribution is -2.21. The standard InChI is InChI=1S/C15H11FN4O/c16-12-5-1-4-11-13(19-20(14(11)12)15(17)21)7-6-10-3-2-8-18-9-10/h1-9H,(H2,17,21)/b7-6+. The van der Waals surface area contributed by atoms with Gasteiger partial charge in [-0.2, -0.15) is 9.78 Å². The number of amides is 1. The number of carbonyl (C=O) groups is 1. The Balaban J connectivity index is 2.13. The van der Waals surface area contributed by atoms with E-state index < -0.39 is 11.8 Å². The molecule has 104 valence electrons. The predicted octanol–water partition coefficient (Wildman–Crippen LogP) is 2.67. The van der Waals surface area contributed by atoms with E-state index in [1.807, 2.05) is 6.07 Å². The number of para-hydroxylation sites is 1. The summed E-state index contributed by atoms with van der Waals surface area (Å²) in [6, 6.07) is 7.36. The highest BCUT2D eigenvalue weighted by molar-refractivity contribution is 5.95. The highest BCUT2D eigenvalue weighted by Gasteiger charge is 2.15. The lowest BCUT2D eigenvalue weighted by molar-refractivity contribution is 0.248. The molecule has 0 spiro atoms. The molecule has 3 rings (SSSR count). The number of primary amides is 1. The van der Waals surface area contributed by atoms with E-state index in [2.05, 4.69) is 10.1 Å². The van der Waals surface area contributed by atoms with Gasteiger partial charge in [-0.15, -0.1) is 0 Å². The number of rotatable bonds is 2. The van der Waals surface area contributed by atoms with E-state index in [0.29, 0.717) is 11.1 Å². The number of nitrogens with zero attached hydrogens (tertiary/aromatic N) is 3. The molecule has 2 aromatic heterocycles. The minimum Gasteiger partial charge on any atom is -0.350 e. The first-order valence-corrected chi connectivity index (χ1v) is 6.22. The molecule has 2 N–H and O–H groups in total. The van der Waals surface area contributed by atoms with Crippen molar-refractivity contribution in [3.05, 3.63) is 59.8 Å². The van der Waals surface area contributed by atoms with Gasteiger partial charge in [0.15, 0.2) is 0 Å². The molecule has 3 aromatic rings. The average molecular weight is 282 g/mol. The van der Waals surface area contributed by atoms with E-state index >= 15 is 0 Å². The molecule has 1 aromatic carbocycles. The van der Waals surface area contributed by atoms with Crippen molar-refractivity contribution in [3.8, 4) is 0 Å². The molecule has 0 fully saturated rings. The highest BCUT2D eigenvalue weighted by atomic mass is 19.1. The minimum atomic E-state index is -0.828. The number of fused-ring (bicyclic) bond motifs is 1. The van der Waals surface area contributed by atoms with Crippen LogP contribution in [0.1, 0.15) is 11.3 Å². The van der Waals surface area contributed by atoms with Crippen molar-refractivity contribution in [3.63, 3.8) is 0 Å². The van der Waals surface area contributed by atoms with Gasteiger partial charge in [0.2, 0.25) is 0 Å². The maximum Gasteiger partial charge on any atom is 0.340 e. The highest BCUT2D eigenvalue weighted by Crippen LogP contribution is 2.22. The van der Waals surface area contributed by atoms with Crippen molar-refractivity contribution in [2.24, 2.45) is 5.73 Å². The molecule has 0 aliphatic rings. The zero-order valence-corrected chi connectivity index (χ0v) is 10.9. The lowest BCUT2D eigenvalue weighted by Gasteiger charge is -1.96. The molecule has 0 unspecified atom stereocenters. The van der Waals surface area contributed by atoms with Crippen molar-refractivity contribution in [2.75, 3.05) is 0 Å². The van der Waals surface area contributed by atoms with Crippen LogP contribution in [0.15, 0.2) is 42.7 Å². The van der Waals surface area contributed by atoms with Crippen LogP contribution in [0.5, 0.6) is 0 Å². The van der Waals surface area contributed by atoms with Gasteiger partial charge in [0.25, 0.3) is 0 Å². The summed E-state index contributed by atoms with van der Waals surface area (Å²) in [5.74, 6) is -0.542. The molecule has 0 bridgehead atoms. The van der Waals surface area contributed by atoms with Crippen LogP contribution in [0.25, 0.3) is 23.1 Å². The third-order valence-electron chi connectivity index (χ3n) is 3.01. The number of pyridine rings is 1.